The van der Waals surface area contributed by atoms with Gasteiger partial charge in [-0.25, -0.2) is 17.6 Å². The standard InChI is InChI=1S/C6H8F4/c7-4-1-2-6(9,10)3-5(4)8/h4-5H,1-3H2. The lowest BCUT2D eigenvalue weighted by Crippen LogP contribution is -2.34. The molecule has 1 saturated carbocycles. The fraction of sp³-hybridized carbons (Fsp3) is 1.00. The Morgan fingerprint density at radius 3 is 2.10 bits per heavy atom. The van der Waals surface area contributed by atoms with Crippen LogP contribution in [-0.2, 0) is 0 Å². The molecular weight excluding hydrogens is 148 g/mol. The topological polar surface area (TPSA) is 0 Å². The number of alkyl halides is 4. The van der Waals surface area contributed by atoms with Gasteiger partial charge in [0.05, 0.1) is 0 Å². The molecule has 2 unspecified atom stereocenters. The molecule has 0 spiro atoms. The lowest BCUT2D eigenvalue weighted by Gasteiger charge is -2.26. The van der Waals surface area contributed by atoms with E-state index >= 15 is 0 Å². The summed E-state index contributed by atoms with van der Waals surface area (Å²) in [7, 11) is 0. The molecule has 1 aliphatic rings. The molecule has 0 aliphatic heterocycles. The van der Waals surface area contributed by atoms with Gasteiger partial charge in [0.2, 0.25) is 0 Å². The Kier molecular flexibility index (Phi) is 1.88. The Balaban J connectivity index is 2.49. The smallest absolute Gasteiger partial charge is 0.244 e. The van der Waals surface area contributed by atoms with Crippen LogP contribution in [0.4, 0.5) is 17.6 Å². The summed E-state index contributed by atoms with van der Waals surface area (Å²) in [6.45, 7) is 0. The minimum atomic E-state index is -2.98. The predicted octanol–water partition coefficient (Wildman–Crippen LogP) is 2.48. The van der Waals surface area contributed by atoms with E-state index in [0.717, 1.165) is 0 Å². The summed E-state index contributed by atoms with van der Waals surface area (Å²) in [4.78, 5) is 0. The summed E-state index contributed by atoms with van der Waals surface area (Å²) in [5, 5.41) is 0. The molecule has 0 nitrogen and oxygen atoms in total. The molecule has 2 atom stereocenters. The first-order chi connectivity index (χ1) is 4.51. The van der Waals surface area contributed by atoms with Gasteiger partial charge < -0.3 is 0 Å². The lowest BCUT2D eigenvalue weighted by atomic mass is 9.94. The summed E-state index contributed by atoms with van der Waals surface area (Å²) in [6, 6.07) is 0. The Labute approximate surface area is 56.2 Å². The second-order valence-electron chi connectivity index (χ2n) is 2.63. The molecule has 0 bridgehead atoms. The van der Waals surface area contributed by atoms with E-state index in [2.05, 4.69) is 0 Å². The normalized spacial score (nSPS) is 39.6. The SMILES string of the molecule is FC1CCC(F)(F)CC1F. The second-order valence-corrected chi connectivity index (χ2v) is 2.63. The molecule has 60 valence electrons. The van der Waals surface area contributed by atoms with Gasteiger partial charge in [-0.3, -0.25) is 0 Å². The molecule has 0 aromatic carbocycles. The molecule has 1 fully saturated rings. The molecule has 10 heavy (non-hydrogen) atoms. The van der Waals surface area contributed by atoms with Crippen molar-refractivity contribution < 1.29 is 17.6 Å². The van der Waals surface area contributed by atoms with E-state index in [1.165, 1.54) is 0 Å². The van der Waals surface area contributed by atoms with Gasteiger partial charge >= 0.3 is 0 Å². The van der Waals surface area contributed by atoms with Gasteiger partial charge in [-0.15, -0.1) is 0 Å². The number of hydrogen-bond acceptors (Lipinski definition) is 0. The zero-order chi connectivity index (χ0) is 7.78. The van der Waals surface area contributed by atoms with Crippen molar-refractivity contribution in [3.05, 3.63) is 0 Å². The van der Waals surface area contributed by atoms with Crippen molar-refractivity contribution in [2.45, 2.75) is 37.5 Å². The van der Waals surface area contributed by atoms with Gasteiger partial charge in [-0.1, -0.05) is 0 Å². The predicted molar refractivity (Wildman–Crippen MR) is 28.6 cm³/mol. The van der Waals surface area contributed by atoms with Crippen LogP contribution in [0, 0.1) is 0 Å². The van der Waals surface area contributed by atoms with Gasteiger partial charge in [0.15, 0.2) is 0 Å². The fourth-order valence-electron chi connectivity index (χ4n) is 1.05. The van der Waals surface area contributed by atoms with Crippen molar-refractivity contribution in [3.63, 3.8) is 0 Å². The van der Waals surface area contributed by atoms with Crippen LogP contribution in [0.1, 0.15) is 19.3 Å². The van der Waals surface area contributed by atoms with Gasteiger partial charge in [0.1, 0.15) is 12.3 Å². The maximum absolute atomic E-state index is 12.2. The summed E-state index contributed by atoms with van der Waals surface area (Å²) < 4.78 is 48.9. The Hall–Kier alpha value is -0.280. The van der Waals surface area contributed by atoms with Gasteiger partial charge in [-0.2, -0.15) is 0 Å². The average molecular weight is 156 g/mol. The minimum Gasteiger partial charge on any atom is -0.244 e. The Bertz CT molecular complexity index is 123. The number of halogens is 4. The Morgan fingerprint density at radius 1 is 1.10 bits per heavy atom. The van der Waals surface area contributed by atoms with Crippen molar-refractivity contribution in [2.24, 2.45) is 0 Å². The minimum absolute atomic E-state index is 0.353. The van der Waals surface area contributed by atoms with E-state index in [1.807, 2.05) is 0 Å². The van der Waals surface area contributed by atoms with E-state index in [1.54, 1.807) is 0 Å². The van der Waals surface area contributed by atoms with Crippen molar-refractivity contribution >= 4 is 0 Å². The maximum atomic E-state index is 12.2. The highest BCUT2D eigenvalue weighted by Crippen LogP contribution is 2.35. The largest absolute Gasteiger partial charge is 0.251 e. The van der Waals surface area contributed by atoms with Crippen LogP contribution in [0.5, 0.6) is 0 Å². The molecule has 0 N–H and O–H groups in total. The van der Waals surface area contributed by atoms with Crippen molar-refractivity contribution in [2.75, 3.05) is 0 Å². The van der Waals surface area contributed by atoms with Crippen LogP contribution in [0.2, 0.25) is 0 Å². The highest BCUT2D eigenvalue weighted by molar-refractivity contribution is 4.84. The van der Waals surface area contributed by atoms with Crippen molar-refractivity contribution in [1.29, 1.82) is 0 Å². The zero-order valence-electron chi connectivity index (χ0n) is 5.29. The number of rotatable bonds is 0. The first kappa shape index (κ1) is 7.82. The highest BCUT2D eigenvalue weighted by atomic mass is 19.3. The van der Waals surface area contributed by atoms with E-state index in [4.69, 9.17) is 0 Å². The molecule has 0 aromatic rings. The van der Waals surface area contributed by atoms with E-state index in [9.17, 15) is 17.6 Å². The lowest BCUT2D eigenvalue weighted by molar-refractivity contribution is -0.0811. The quantitative estimate of drug-likeness (QED) is 0.472. The molecule has 0 aromatic heterocycles. The van der Waals surface area contributed by atoms with Crippen LogP contribution < -0.4 is 0 Å². The molecule has 0 heterocycles. The molecule has 0 radical (unpaired) electrons. The van der Waals surface area contributed by atoms with Crippen LogP contribution in [0.15, 0.2) is 0 Å². The first-order valence-corrected chi connectivity index (χ1v) is 3.17. The van der Waals surface area contributed by atoms with Crippen LogP contribution in [-0.4, -0.2) is 18.3 Å². The van der Waals surface area contributed by atoms with E-state index in [0.29, 0.717) is 0 Å². The van der Waals surface area contributed by atoms with Gasteiger partial charge in [0.25, 0.3) is 5.92 Å². The van der Waals surface area contributed by atoms with E-state index < -0.39 is 31.1 Å². The average Bonchev–Trinajstić information content (AvgIpc) is 1.79. The molecule has 0 saturated heterocycles. The summed E-state index contributed by atoms with van der Waals surface area (Å²) in [5.41, 5.74) is 0. The summed E-state index contributed by atoms with van der Waals surface area (Å²) in [6.07, 6.45) is -5.47. The van der Waals surface area contributed by atoms with Gasteiger partial charge in [-0.05, 0) is 6.42 Å². The first-order valence-electron chi connectivity index (χ1n) is 3.17. The van der Waals surface area contributed by atoms with Crippen LogP contribution in [0.3, 0.4) is 0 Å². The molecule has 0 amide bonds. The summed E-state index contributed by atoms with van der Waals surface area (Å²) in [5.74, 6) is -2.98. The molecule has 4 heteroatoms. The molecule has 1 rings (SSSR count). The summed E-state index contributed by atoms with van der Waals surface area (Å²) >= 11 is 0. The molecule has 1 aliphatic carbocycles. The fourth-order valence-corrected chi connectivity index (χ4v) is 1.05. The molecular formula is C6H8F4. The zero-order valence-corrected chi connectivity index (χ0v) is 5.29. The maximum Gasteiger partial charge on any atom is 0.251 e. The van der Waals surface area contributed by atoms with Crippen LogP contribution in [0.25, 0.3) is 0 Å². The number of hydrogen-bond donors (Lipinski definition) is 0. The highest BCUT2D eigenvalue weighted by Gasteiger charge is 2.41. The van der Waals surface area contributed by atoms with Gasteiger partial charge in [0, 0.05) is 12.8 Å². The third-order valence-electron chi connectivity index (χ3n) is 1.67. The Morgan fingerprint density at radius 2 is 1.70 bits per heavy atom. The third kappa shape index (κ3) is 1.61. The van der Waals surface area contributed by atoms with Crippen molar-refractivity contribution in [3.8, 4) is 0 Å². The van der Waals surface area contributed by atoms with Crippen LogP contribution >= 0.6 is 0 Å². The van der Waals surface area contributed by atoms with E-state index in [-0.39, 0.29) is 6.42 Å². The third-order valence-corrected chi connectivity index (χ3v) is 1.67. The van der Waals surface area contributed by atoms with Crippen molar-refractivity contribution in [1.82, 2.24) is 0 Å². The monoisotopic (exact) mass is 156 g/mol. The second kappa shape index (κ2) is 2.40.